The molecule has 1 aromatic rings. The second-order valence-corrected chi connectivity index (χ2v) is 3.38. The van der Waals surface area contributed by atoms with Crippen molar-refractivity contribution in [3.05, 3.63) is 16.6 Å². The maximum atomic E-state index is 5.81. The largest absolute Gasteiger partial charge is 0.370 e. The van der Waals surface area contributed by atoms with Crippen LogP contribution < -0.4 is 5.73 Å². The van der Waals surface area contributed by atoms with Crippen molar-refractivity contribution in [3.8, 4) is 0 Å². The molecule has 0 bridgehead atoms. The molecule has 2 N–H and O–H groups in total. The minimum atomic E-state index is 0.0428. The van der Waals surface area contributed by atoms with E-state index in [1.807, 2.05) is 10.9 Å². The van der Waals surface area contributed by atoms with Gasteiger partial charge in [-0.2, -0.15) is 0 Å². The van der Waals surface area contributed by atoms with Crippen LogP contribution in [0.2, 0.25) is 0 Å². The molecule has 2 unspecified atom stereocenters. The Labute approximate surface area is 69.2 Å². The molecule has 0 aliphatic carbocycles. The molecule has 0 radical (unpaired) electrons. The standard InChI is InChI=1S/C7H10N2OS/c8-5-1-2-10-7(5)6-3-11-4-9-6/h3-5,7H,1-2,8H2. The van der Waals surface area contributed by atoms with Gasteiger partial charge >= 0.3 is 0 Å². The number of nitrogens with zero attached hydrogens (tertiary/aromatic N) is 1. The highest BCUT2D eigenvalue weighted by Crippen LogP contribution is 2.26. The van der Waals surface area contributed by atoms with Gasteiger partial charge in [0.15, 0.2) is 0 Å². The first kappa shape index (κ1) is 7.21. The average molecular weight is 170 g/mol. The Morgan fingerprint density at radius 3 is 3.18 bits per heavy atom. The number of rotatable bonds is 1. The highest BCUT2D eigenvalue weighted by molar-refractivity contribution is 7.07. The lowest BCUT2D eigenvalue weighted by atomic mass is 10.1. The number of nitrogens with two attached hydrogens (primary N) is 1. The lowest BCUT2D eigenvalue weighted by Gasteiger charge is -2.10. The summed E-state index contributed by atoms with van der Waals surface area (Å²) in [4.78, 5) is 4.16. The number of hydrogen-bond donors (Lipinski definition) is 1. The van der Waals surface area contributed by atoms with Gasteiger partial charge in [0.1, 0.15) is 6.10 Å². The van der Waals surface area contributed by atoms with Crippen LogP contribution in [0.15, 0.2) is 10.9 Å². The molecule has 0 amide bonds. The van der Waals surface area contributed by atoms with Crippen molar-refractivity contribution >= 4 is 11.3 Å². The molecule has 1 aromatic heterocycles. The summed E-state index contributed by atoms with van der Waals surface area (Å²) in [5.74, 6) is 0. The first-order valence-corrected chi connectivity index (χ1v) is 4.57. The number of aromatic nitrogens is 1. The highest BCUT2D eigenvalue weighted by atomic mass is 32.1. The summed E-state index contributed by atoms with van der Waals surface area (Å²) in [5.41, 5.74) is 8.61. The van der Waals surface area contributed by atoms with Crippen LogP contribution in [0.25, 0.3) is 0 Å². The van der Waals surface area contributed by atoms with Crippen molar-refractivity contribution in [2.45, 2.75) is 18.6 Å². The van der Waals surface area contributed by atoms with Crippen molar-refractivity contribution in [3.63, 3.8) is 0 Å². The van der Waals surface area contributed by atoms with Crippen LogP contribution in [0, 0.1) is 0 Å². The van der Waals surface area contributed by atoms with E-state index < -0.39 is 0 Å². The van der Waals surface area contributed by atoms with Crippen molar-refractivity contribution in [2.75, 3.05) is 6.61 Å². The maximum Gasteiger partial charge on any atom is 0.115 e. The molecular formula is C7H10N2OS. The molecule has 2 rings (SSSR count). The van der Waals surface area contributed by atoms with Crippen molar-refractivity contribution < 1.29 is 4.74 Å². The van der Waals surface area contributed by atoms with Gasteiger partial charge in [-0.25, -0.2) is 4.98 Å². The van der Waals surface area contributed by atoms with Crippen molar-refractivity contribution in [2.24, 2.45) is 5.73 Å². The van der Waals surface area contributed by atoms with E-state index in [1.165, 1.54) is 0 Å². The molecule has 1 fully saturated rings. The van der Waals surface area contributed by atoms with E-state index in [4.69, 9.17) is 10.5 Å². The van der Waals surface area contributed by atoms with Crippen LogP contribution in [0.3, 0.4) is 0 Å². The van der Waals surface area contributed by atoms with Crippen LogP contribution in [0.4, 0.5) is 0 Å². The van der Waals surface area contributed by atoms with Gasteiger partial charge in [-0.05, 0) is 6.42 Å². The molecule has 4 heteroatoms. The van der Waals surface area contributed by atoms with Gasteiger partial charge in [0.2, 0.25) is 0 Å². The Morgan fingerprint density at radius 1 is 1.73 bits per heavy atom. The zero-order valence-electron chi connectivity index (χ0n) is 6.06. The summed E-state index contributed by atoms with van der Waals surface area (Å²) in [6.07, 6.45) is 0.989. The fourth-order valence-corrected chi connectivity index (χ4v) is 1.85. The Bertz CT molecular complexity index is 224. The van der Waals surface area contributed by atoms with E-state index in [0.29, 0.717) is 0 Å². The minimum Gasteiger partial charge on any atom is -0.370 e. The van der Waals surface area contributed by atoms with Crippen LogP contribution in [0.1, 0.15) is 18.2 Å². The smallest absolute Gasteiger partial charge is 0.115 e. The van der Waals surface area contributed by atoms with E-state index in [1.54, 1.807) is 11.3 Å². The zero-order chi connectivity index (χ0) is 7.68. The second-order valence-electron chi connectivity index (χ2n) is 2.66. The van der Waals surface area contributed by atoms with Crippen molar-refractivity contribution in [1.82, 2.24) is 4.98 Å². The van der Waals surface area contributed by atoms with Gasteiger partial charge in [0, 0.05) is 18.0 Å². The average Bonchev–Trinajstić information content (AvgIpc) is 2.55. The molecule has 3 nitrogen and oxygen atoms in total. The molecule has 1 saturated heterocycles. The van der Waals surface area contributed by atoms with Gasteiger partial charge in [-0.1, -0.05) is 0 Å². The predicted octanol–water partition coefficient (Wildman–Crippen LogP) is 0.932. The molecule has 0 spiro atoms. The third-order valence-electron chi connectivity index (χ3n) is 1.88. The first-order valence-electron chi connectivity index (χ1n) is 3.63. The summed E-state index contributed by atoms with van der Waals surface area (Å²) < 4.78 is 5.43. The molecule has 60 valence electrons. The van der Waals surface area contributed by atoms with Crippen molar-refractivity contribution in [1.29, 1.82) is 0 Å². The minimum absolute atomic E-state index is 0.0428. The van der Waals surface area contributed by atoms with E-state index in [-0.39, 0.29) is 12.1 Å². The Morgan fingerprint density at radius 2 is 2.64 bits per heavy atom. The van der Waals surface area contributed by atoms with Gasteiger partial charge in [-0.3, -0.25) is 0 Å². The van der Waals surface area contributed by atoms with Crippen LogP contribution in [0.5, 0.6) is 0 Å². The Kier molecular flexibility index (Phi) is 1.89. The molecule has 2 atom stereocenters. The SMILES string of the molecule is NC1CCOC1c1cscn1. The van der Waals surface area contributed by atoms with Crippen LogP contribution in [-0.4, -0.2) is 17.6 Å². The van der Waals surface area contributed by atoms with Crippen LogP contribution in [-0.2, 0) is 4.74 Å². The fraction of sp³-hybridized carbons (Fsp3) is 0.571. The molecular weight excluding hydrogens is 160 g/mol. The summed E-state index contributed by atoms with van der Waals surface area (Å²) in [5, 5.41) is 2.00. The Hall–Kier alpha value is -0.450. The number of ether oxygens (including phenoxy) is 1. The highest BCUT2D eigenvalue weighted by Gasteiger charge is 2.27. The molecule has 1 aliphatic heterocycles. The van der Waals surface area contributed by atoms with E-state index >= 15 is 0 Å². The van der Waals surface area contributed by atoms with E-state index in [0.717, 1.165) is 18.7 Å². The van der Waals surface area contributed by atoms with E-state index in [2.05, 4.69) is 4.98 Å². The summed E-state index contributed by atoms with van der Waals surface area (Å²) in [6.45, 7) is 0.767. The zero-order valence-corrected chi connectivity index (χ0v) is 6.88. The summed E-state index contributed by atoms with van der Waals surface area (Å²) in [6, 6.07) is 0.136. The normalized spacial score (nSPS) is 31.0. The second kappa shape index (κ2) is 2.89. The number of hydrogen-bond acceptors (Lipinski definition) is 4. The monoisotopic (exact) mass is 170 g/mol. The van der Waals surface area contributed by atoms with Gasteiger partial charge in [0.25, 0.3) is 0 Å². The fourth-order valence-electron chi connectivity index (χ4n) is 1.27. The van der Waals surface area contributed by atoms with Gasteiger partial charge in [-0.15, -0.1) is 11.3 Å². The molecule has 0 saturated carbocycles. The third-order valence-corrected chi connectivity index (χ3v) is 2.49. The van der Waals surface area contributed by atoms with Gasteiger partial charge in [0.05, 0.1) is 11.2 Å². The van der Waals surface area contributed by atoms with Crippen LogP contribution >= 0.6 is 11.3 Å². The summed E-state index contributed by atoms with van der Waals surface area (Å²) >= 11 is 1.58. The lowest BCUT2D eigenvalue weighted by molar-refractivity contribution is 0.102. The molecule has 0 aromatic carbocycles. The van der Waals surface area contributed by atoms with Gasteiger partial charge < -0.3 is 10.5 Å². The maximum absolute atomic E-state index is 5.81. The third kappa shape index (κ3) is 1.29. The lowest BCUT2D eigenvalue weighted by Crippen LogP contribution is -2.23. The molecule has 2 heterocycles. The number of thiazole rings is 1. The summed E-state index contributed by atoms with van der Waals surface area (Å²) in [7, 11) is 0. The quantitative estimate of drug-likeness (QED) is 0.682. The topological polar surface area (TPSA) is 48.1 Å². The molecule has 1 aliphatic rings. The van der Waals surface area contributed by atoms with E-state index in [9.17, 15) is 0 Å². The Balaban J connectivity index is 2.16. The molecule has 11 heavy (non-hydrogen) atoms. The predicted molar refractivity (Wildman–Crippen MR) is 43.4 cm³/mol. The first-order chi connectivity index (χ1) is 5.38.